The molecule has 0 saturated carbocycles. The lowest BCUT2D eigenvalue weighted by Crippen LogP contribution is -1.90. The van der Waals surface area contributed by atoms with E-state index in [1.54, 1.807) is 62.6 Å². The lowest BCUT2D eigenvalue weighted by molar-refractivity contribution is 0.607. The normalized spacial score (nSPS) is 11.8. The predicted octanol–water partition coefficient (Wildman–Crippen LogP) is 27.8. The first-order valence-corrected chi connectivity index (χ1v) is 38.2. The van der Waals surface area contributed by atoms with Crippen molar-refractivity contribution in [3.05, 3.63) is 80.5 Å². The molecule has 0 bridgehead atoms. The van der Waals surface area contributed by atoms with Crippen molar-refractivity contribution in [3.8, 4) is 48.8 Å². The van der Waals surface area contributed by atoms with Crippen LogP contribution >= 0.6 is 68.0 Å². The largest absolute Gasteiger partial charge is 0.143 e. The first-order valence-electron chi connectivity index (χ1n) is 33.2. The summed E-state index contributed by atoms with van der Waals surface area (Å²) in [6, 6.07) is 15.7. The maximum atomic E-state index is 2.71. The number of unbranched alkanes of at least 4 members (excludes halogenated alkanes) is 30. The van der Waals surface area contributed by atoms with E-state index in [1.165, 1.54) is 289 Å². The molecule has 0 fully saturated rings. The molecule has 0 aromatic carbocycles. The fourth-order valence-corrected chi connectivity index (χ4v) is 19.3. The summed E-state index contributed by atoms with van der Waals surface area (Å²) < 4.78 is 0. The van der Waals surface area contributed by atoms with Gasteiger partial charge in [-0.15, -0.1) is 68.0 Å². The smallest absolute Gasteiger partial charge is 0.0484 e. The minimum absolute atomic E-state index is 1.20. The van der Waals surface area contributed by atoms with Gasteiger partial charge in [-0.05, 0) is 158 Å². The fourth-order valence-electron chi connectivity index (χ4n) is 11.8. The Morgan fingerprint density at radius 3 is 0.641 bits per heavy atom. The summed E-state index contributed by atoms with van der Waals surface area (Å²) in [5.41, 5.74) is 9.71. The second kappa shape index (κ2) is 39.6. The van der Waals surface area contributed by atoms with Gasteiger partial charge in [-0.3, -0.25) is 0 Å². The first kappa shape index (κ1) is 65.4. The van der Waals surface area contributed by atoms with Crippen molar-refractivity contribution in [2.45, 2.75) is 311 Å². The lowest BCUT2D eigenvalue weighted by atomic mass is 10.0. The van der Waals surface area contributed by atoms with Crippen LogP contribution in [0.4, 0.5) is 0 Å². The van der Waals surface area contributed by atoms with E-state index in [0.29, 0.717) is 0 Å². The monoisotopic (exact) mass is 1170 g/mol. The molecular formula is C72H110S6. The molecule has 0 unspecified atom stereocenters. The third kappa shape index (κ3) is 22.1. The Morgan fingerprint density at radius 1 is 0.218 bits per heavy atom. The SMILES string of the molecule is CCCCCCCCc1ccsc1-c1sc(-c2cc(CCCCCCCC)c(-c3sc(-c4cc(CCCCCCCC)c(-c5sccc5CCCCCCCC)s4)cc3CCCCCCCC)s2)cc1CCCCCCCC. The highest BCUT2D eigenvalue weighted by Crippen LogP contribution is 2.52. The van der Waals surface area contributed by atoms with E-state index < -0.39 is 0 Å². The average Bonchev–Trinajstić information content (AvgIpc) is 4.38. The molecule has 6 heterocycles. The molecule has 0 saturated heterocycles. The summed E-state index contributed by atoms with van der Waals surface area (Å²) in [4.78, 5) is 15.6. The van der Waals surface area contributed by atoms with Gasteiger partial charge in [-0.25, -0.2) is 0 Å². The third-order valence-corrected chi connectivity index (χ3v) is 24.1. The molecule has 0 atom stereocenters. The first-order chi connectivity index (χ1) is 38.5. The molecule has 6 rings (SSSR count). The van der Waals surface area contributed by atoms with E-state index in [4.69, 9.17) is 0 Å². The van der Waals surface area contributed by atoms with E-state index in [9.17, 15) is 0 Å². The predicted molar refractivity (Wildman–Crippen MR) is 363 cm³/mol. The van der Waals surface area contributed by atoms with E-state index in [2.05, 4.69) is 134 Å². The molecule has 0 aliphatic rings. The zero-order valence-corrected chi connectivity index (χ0v) is 55.7. The molecule has 6 aromatic heterocycles. The molecule has 0 amide bonds. The van der Waals surface area contributed by atoms with Crippen LogP contribution in [0.3, 0.4) is 0 Å². The van der Waals surface area contributed by atoms with Crippen molar-refractivity contribution < 1.29 is 0 Å². The Balaban J connectivity index is 1.39. The molecule has 6 heteroatoms. The van der Waals surface area contributed by atoms with Crippen LogP contribution in [0.1, 0.15) is 306 Å². The zero-order chi connectivity index (χ0) is 54.8. The van der Waals surface area contributed by atoms with Crippen LogP contribution in [0.2, 0.25) is 0 Å². The molecule has 0 spiro atoms. The Hall–Kier alpha value is -1.80. The lowest BCUT2D eigenvalue weighted by Gasteiger charge is -2.06. The van der Waals surface area contributed by atoms with E-state index in [0.717, 1.165) is 0 Å². The number of rotatable bonds is 47. The van der Waals surface area contributed by atoms with Gasteiger partial charge in [0.15, 0.2) is 0 Å². The van der Waals surface area contributed by atoms with E-state index in [1.807, 2.05) is 22.7 Å². The van der Waals surface area contributed by atoms with Crippen LogP contribution in [-0.4, -0.2) is 0 Å². The number of aryl methyl sites for hydroxylation is 6. The average molecular weight is 1170 g/mol. The second-order valence-electron chi connectivity index (χ2n) is 23.5. The Bertz CT molecular complexity index is 2270. The van der Waals surface area contributed by atoms with Gasteiger partial charge in [0.2, 0.25) is 0 Å². The van der Waals surface area contributed by atoms with Gasteiger partial charge in [0, 0.05) is 48.8 Å². The van der Waals surface area contributed by atoms with Gasteiger partial charge in [0.05, 0.1) is 0 Å². The summed E-state index contributed by atoms with van der Waals surface area (Å²) in [5.74, 6) is 0. The van der Waals surface area contributed by atoms with Gasteiger partial charge >= 0.3 is 0 Å². The minimum atomic E-state index is 1.20. The van der Waals surface area contributed by atoms with Crippen LogP contribution in [0, 0.1) is 0 Å². The molecule has 434 valence electrons. The van der Waals surface area contributed by atoms with Crippen molar-refractivity contribution >= 4 is 68.0 Å². The van der Waals surface area contributed by atoms with Gasteiger partial charge in [0.1, 0.15) is 0 Å². The van der Waals surface area contributed by atoms with E-state index >= 15 is 0 Å². The number of hydrogen-bond acceptors (Lipinski definition) is 6. The summed E-state index contributed by atoms with van der Waals surface area (Å²) >= 11 is 12.7. The molecule has 0 aliphatic heterocycles. The Morgan fingerprint density at radius 2 is 0.410 bits per heavy atom. The van der Waals surface area contributed by atoms with Crippen molar-refractivity contribution in [3.63, 3.8) is 0 Å². The van der Waals surface area contributed by atoms with Gasteiger partial charge in [-0.1, -0.05) is 234 Å². The summed E-state index contributed by atoms with van der Waals surface area (Å²) in [5, 5.41) is 4.81. The van der Waals surface area contributed by atoms with E-state index in [-0.39, 0.29) is 0 Å². The highest BCUT2D eigenvalue weighted by Gasteiger charge is 2.24. The third-order valence-electron chi connectivity index (χ3n) is 16.6. The molecular weight excluding hydrogens is 1060 g/mol. The summed E-state index contributed by atoms with van der Waals surface area (Å²) in [6.45, 7) is 14.1. The standard InChI is InChI=1S/C72H110S6/c1-7-13-19-25-31-37-43-57-49-51-73-67(57)69-59(45-39-33-27-21-15-9-3)53-63(75-69)65-55-61(47-41-35-29-23-17-11-5)71(77-65)72-62(48-42-36-30-24-18-12-6)56-66(78-72)64-54-60(46-40-34-28-22-16-10-4)70(76-64)68-58(50-52-74-68)44-38-32-26-20-14-8-2/h49-56H,7-48H2,1-6H3. The topological polar surface area (TPSA) is 0 Å². The maximum Gasteiger partial charge on any atom is 0.0484 e. The molecule has 0 aliphatic carbocycles. The summed E-state index contributed by atoms with van der Waals surface area (Å²) in [7, 11) is 0. The van der Waals surface area contributed by atoms with Gasteiger partial charge in [-0.2, -0.15) is 0 Å². The van der Waals surface area contributed by atoms with Crippen LogP contribution in [0.15, 0.2) is 47.2 Å². The quantitative estimate of drug-likeness (QED) is 0.0334. The molecule has 0 nitrogen and oxygen atoms in total. The number of thiophene rings is 6. The van der Waals surface area contributed by atoms with Crippen molar-refractivity contribution in [2.24, 2.45) is 0 Å². The van der Waals surface area contributed by atoms with Crippen LogP contribution in [0.25, 0.3) is 48.8 Å². The fraction of sp³-hybridized carbons (Fsp3) is 0.667. The highest BCUT2D eigenvalue weighted by molar-refractivity contribution is 7.30. The Labute approximate surface area is 504 Å². The zero-order valence-electron chi connectivity index (χ0n) is 50.8. The van der Waals surface area contributed by atoms with Crippen LogP contribution in [0.5, 0.6) is 0 Å². The van der Waals surface area contributed by atoms with Crippen molar-refractivity contribution in [2.75, 3.05) is 0 Å². The Kier molecular flexibility index (Phi) is 33.2. The van der Waals surface area contributed by atoms with Crippen molar-refractivity contribution in [1.82, 2.24) is 0 Å². The molecule has 6 aromatic rings. The second-order valence-corrected chi connectivity index (χ2v) is 29.6. The van der Waals surface area contributed by atoms with Crippen LogP contribution < -0.4 is 0 Å². The van der Waals surface area contributed by atoms with Gasteiger partial charge < -0.3 is 0 Å². The highest BCUT2D eigenvalue weighted by atomic mass is 32.1. The van der Waals surface area contributed by atoms with Crippen LogP contribution in [-0.2, 0) is 38.5 Å². The molecule has 78 heavy (non-hydrogen) atoms. The molecule has 0 radical (unpaired) electrons. The van der Waals surface area contributed by atoms with Crippen molar-refractivity contribution in [1.29, 1.82) is 0 Å². The summed E-state index contributed by atoms with van der Waals surface area (Å²) in [6.07, 6.45) is 56.0. The molecule has 0 N–H and O–H groups in total. The maximum absolute atomic E-state index is 2.71. The minimum Gasteiger partial charge on any atom is -0.143 e. The van der Waals surface area contributed by atoms with Gasteiger partial charge in [0.25, 0.3) is 0 Å². The number of hydrogen-bond donors (Lipinski definition) is 0.